The molecule has 3 rings (SSSR count). The van der Waals surface area contributed by atoms with Gasteiger partial charge in [-0.3, -0.25) is 16.2 Å². The van der Waals surface area contributed by atoms with E-state index < -0.39 is 0 Å². The second kappa shape index (κ2) is 6.94. The highest BCUT2D eigenvalue weighted by molar-refractivity contribution is 7.16. The van der Waals surface area contributed by atoms with Crippen LogP contribution < -0.4 is 11.3 Å². The van der Waals surface area contributed by atoms with Crippen molar-refractivity contribution in [2.45, 2.75) is 43.7 Å². The lowest BCUT2D eigenvalue weighted by Crippen LogP contribution is -2.64. The van der Waals surface area contributed by atoms with E-state index in [4.69, 9.17) is 22.2 Å². The number of ether oxygens (including phenoxy) is 1. The molecule has 21 heavy (non-hydrogen) atoms. The summed E-state index contributed by atoms with van der Waals surface area (Å²) >= 11 is 7.73. The fourth-order valence-corrected chi connectivity index (χ4v) is 5.08. The molecular formula is C15H24ClN3OS. The number of rotatable bonds is 5. The minimum atomic E-state index is 0.176. The predicted octanol–water partition coefficient (Wildman–Crippen LogP) is 2.42. The van der Waals surface area contributed by atoms with E-state index in [2.05, 4.69) is 16.4 Å². The molecule has 1 aliphatic heterocycles. The topological polar surface area (TPSA) is 50.5 Å². The zero-order valence-corrected chi connectivity index (χ0v) is 13.9. The Hall–Kier alpha value is -0.170. The van der Waals surface area contributed by atoms with Crippen molar-refractivity contribution < 1.29 is 4.74 Å². The zero-order valence-electron chi connectivity index (χ0n) is 12.3. The molecule has 1 atom stereocenters. The Kier molecular flexibility index (Phi) is 5.19. The van der Waals surface area contributed by atoms with Crippen LogP contribution >= 0.6 is 22.9 Å². The largest absolute Gasteiger partial charge is 0.379 e. The van der Waals surface area contributed by atoms with E-state index in [1.165, 1.54) is 30.6 Å². The molecule has 0 bridgehead atoms. The van der Waals surface area contributed by atoms with Crippen molar-refractivity contribution in [2.24, 2.45) is 5.84 Å². The second-order valence-electron chi connectivity index (χ2n) is 6.04. The molecule has 0 aromatic carbocycles. The fraction of sp³-hybridized carbons (Fsp3) is 0.733. The summed E-state index contributed by atoms with van der Waals surface area (Å²) < 4.78 is 6.38. The fourth-order valence-electron chi connectivity index (χ4n) is 3.95. The summed E-state index contributed by atoms with van der Waals surface area (Å²) in [5.41, 5.74) is 3.30. The monoisotopic (exact) mass is 329 g/mol. The highest BCUT2D eigenvalue weighted by atomic mass is 35.5. The maximum atomic E-state index is 6.07. The van der Waals surface area contributed by atoms with Crippen LogP contribution in [-0.4, -0.2) is 42.8 Å². The Morgan fingerprint density at radius 3 is 2.62 bits per heavy atom. The van der Waals surface area contributed by atoms with Crippen LogP contribution in [0.5, 0.6) is 0 Å². The summed E-state index contributed by atoms with van der Waals surface area (Å²) in [5.74, 6) is 5.96. The van der Waals surface area contributed by atoms with Gasteiger partial charge >= 0.3 is 0 Å². The van der Waals surface area contributed by atoms with E-state index in [1.807, 2.05) is 6.07 Å². The van der Waals surface area contributed by atoms with Crippen LogP contribution in [-0.2, 0) is 11.2 Å². The van der Waals surface area contributed by atoms with Gasteiger partial charge in [0, 0.05) is 36.0 Å². The first-order chi connectivity index (χ1) is 10.2. The Morgan fingerprint density at radius 2 is 2.05 bits per heavy atom. The molecule has 1 saturated heterocycles. The first-order valence-electron chi connectivity index (χ1n) is 7.78. The average Bonchev–Trinajstić information content (AvgIpc) is 3.15. The molecule has 1 aromatic heterocycles. The van der Waals surface area contributed by atoms with Gasteiger partial charge in [0.25, 0.3) is 0 Å². The second-order valence-corrected chi connectivity index (χ2v) is 7.84. The van der Waals surface area contributed by atoms with Gasteiger partial charge in [-0.2, -0.15) is 0 Å². The Bertz CT molecular complexity index is 456. The van der Waals surface area contributed by atoms with Crippen LogP contribution in [0.4, 0.5) is 0 Å². The third-order valence-corrected chi connectivity index (χ3v) is 6.25. The zero-order chi connectivity index (χ0) is 14.7. The molecule has 1 saturated carbocycles. The quantitative estimate of drug-likeness (QED) is 0.643. The molecule has 1 unspecified atom stereocenters. The van der Waals surface area contributed by atoms with E-state index in [1.54, 1.807) is 11.3 Å². The molecule has 4 nitrogen and oxygen atoms in total. The Balaban J connectivity index is 1.79. The third kappa shape index (κ3) is 3.28. The third-order valence-electron chi connectivity index (χ3n) is 4.99. The van der Waals surface area contributed by atoms with E-state index in [0.29, 0.717) is 0 Å². The van der Waals surface area contributed by atoms with Gasteiger partial charge < -0.3 is 4.74 Å². The minimum absolute atomic E-state index is 0.176. The Morgan fingerprint density at radius 1 is 1.33 bits per heavy atom. The summed E-state index contributed by atoms with van der Waals surface area (Å²) in [6.45, 7) is 3.71. The lowest BCUT2D eigenvalue weighted by atomic mass is 9.83. The summed E-state index contributed by atoms with van der Waals surface area (Å²) in [4.78, 5) is 3.92. The van der Waals surface area contributed by atoms with Crippen molar-refractivity contribution in [3.63, 3.8) is 0 Å². The van der Waals surface area contributed by atoms with Crippen LogP contribution in [0.25, 0.3) is 0 Å². The average molecular weight is 330 g/mol. The number of halogens is 1. The van der Waals surface area contributed by atoms with Gasteiger partial charge in [0.05, 0.1) is 17.6 Å². The van der Waals surface area contributed by atoms with Gasteiger partial charge in [-0.25, -0.2) is 0 Å². The lowest BCUT2D eigenvalue weighted by Gasteiger charge is -2.48. The van der Waals surface area contributed by atoms with Crippen molar-refractivity contribution in [3.05, 3.63) is 21.3 Å². The standard InChI is InChI=1S/C15H24ClN3OS/c16-14-4-3-12(21-14)11-13(18-17)15(5-1-2-6-15)19-7-9-20-10-8-19/h3-4,13,18H,1-2,5-11,17H2. The number of hydrogen-bond acceptors (Lipinski definition) is 5. The van der Waals surface area contributed by atoms with Gasteiger partial charge in [0.15, 0.2) is 0 Å². The van der Waals surface area contributed by atoms with Gasteiger partial charge in [0.2, 0.25) is 0 Å². The number of nitrogens with two attached hydrogens (primary N) is 1. The maximum absolute atomic E-state index is 6.07. The van der Waals surface area contributed by atoms with Crippen molar-refractivity contribution in [3.8, 4) is 0 Å². The molecule has 1 aromatic rings. The number of hydrogen-bond donors (Lipinski definition) is 2. The van der Waals surface area contributed by atoms with Gasteiger partial charge in [-0.05, 0) is 25.0 Å². The first-order valence-corrected chi connectivity index (χ1v) is 8.97. The molecule has 0 amide bonds. The van der Waals surface area contributed by atoms with E-state index in [-0.39, 0.29) is 11.6 Å². The number of thiophene rings is 1. The lowest BCUT2D eigenvalue weighted by molar-refractivity contribution is -0.0356. The van der Waals surface area contributed by atoms with Crippen LogP contribution in [0.3, 0.4) is 0 Å². The summed E-state index contributed by atoms with van der Waals surface area (Å²) in [6, 6.07) is 4.37. The van der Waals surface area contributed by atoms with E-state index >= 15 is 0 Å². The van der Waals surface area contributed by atoms with Crippen LogP contribution in [0, 0.1) is 0 Å². The SMILES string of the molecule is NNC(Cc1ccc(Cl)s1)C1(N2CCOCC2)CCCC1. The molecule has 2 heterocycles. The number of hydrazine groups is 1. The molecule has 118 valence electrons. The minimum Gasteiger partial charge on any atom is -0.379 e. The first kappa shape index (κ1) is 15.7. The van der Waals surface area contributed by atoms with Gasteiger partial charge in [-0.1, -0.05) is 24.4 Å². The summed E-state index contributed by atoms with van der Waals surface area (Å²) in [6.07, 6.45) is 5.98. The maximum Gasteiger partial charge on any atom is 0.0931 e. The number of morpholine rings is 1. The van der Waals surface area contributed by atoms with Crippen LogP contribution in [0.2, 0.25) is 4.34 Å². The number of nitrogens with zero attached hydrogens (tertiary/aromatic N) is 1. The molecule has 2 aliphatic rings. The summed E-state index contributed by atoms with van der Waals surface area (Å²) in [5, 5.41) is 0. The highest BCUT2D eigenvalue weighted by Crippen LogP contribution is 2.40. The molecule has 0 radical (unpaired) electrons. The molecule has 2 fully saturated rings. The van der Waals surface area contributed by atoms with Crippen LogP contribution in [0.15, 0.2) is 12.1 Å². The van der Waals surface area contributed by atoms with Crippen molar-refractivity contribution >= 4 is 22.9 Å². The molecule has 0 spiro atoms. The van der Waals surface area contributed by atoms with Gasteiger partial charge in [-0.15, -0.1) is 11.3 Å². The van der Waals surface area contributed by atoms with E-state index in [0.717, 1.165) is 37.1 Å². The highest BCUT2D eigenvalue weighted by Gasteiger charge is 2.46. The predicted molar refractivity (Wildman–Crippen MR) is 87.7 cm³/mol. The Labute approximate surface area is 135 Å². The van der Waals surface area contributed by atoms with Crippen molar-refractivity contribution in [1.82, 2.24) is 10.3 Å². The van der Waals surface area contributed by atoms with Gasteiger partial charge in [0.1, 0.15) is 0 Å². The normalized spacial score (nSPS) is 24.3. The smallest absolute Gasteiger partial charge is 0.0931 e. The van der Waals surface area contributed by atoms with Crippen molar-refractivity contribution in [1.29, 1.82) is 0 Å². The van der Waals surface area contributed by atoms with E-state index in [9.17, 15) is 0 Å². The molecule has 6 heteroatoms. The summed E-state index contributed by atoms with van der Waals surface area (Å²) in [7, 11) is 0. The molecular weight excluding hydrogens is 306 g/mol. The molecule has 1 aliphatic carbocycles. The number of nitrogens with one attached hydrogen (secondary N) is 1. The van der Waals surface area contributed by atoms with Crippen LogP contribution in [0.1, 0.15) is 30.6 Å². The van der Waals surface area contributed by atoms with Crippen molar-refractivity contribution in [2.75, 3.05) is 26.3 Å². The molecule has 3 N–H and O–H groups in total.